The first-order chi connectivity index (χ1) is 11.1. The monoisotopic (exact) mass is 338 g/mol. The van der Waals surface area contributed by atoms with E-state index in [1.54, 1.807) is 20.7 Å². The predicted octanol–water partition coefficient (Wildman–Crippen LogP) is 2.52. The fraction of sp³-hybridized carbons (Fsp3) is 0.647. The average molecular weight is 338 g/mol. The minimum absolute atomic E-state index is 0.100. The van der Waals surface area contributed by atoms with Gasteiger partial charge in [0.25, 0.3) is 10.2 Å². The van der Waals surface area contributed by atoms with Crippen LogP contribution in [-0.4, -0.2) is 47.8 Å². The Balaban J connectivity index is 1.67. The minimum Gasteiger partial charge on any atom is -0.508 e. The largest absolute Gasteiger partial charge is 0.508 e. The molecule has 3 rings (SSSR count). The summed E-state index contributed by atoms with van der Waals surface area (Å²) in [6.07, 6.45) is 6.66. The third-order valence-electron chi connectivity index (χ3n) is 4.96. The first-order valence-electron chi connectivity index (χ1n) is 8.62. The highest BCUT2D eigenvalue weighted by atomic mass is 32.2. The fourth-order valence-corrected chi connectivity index (χ4v) is 5.59. The second-order valence-corrected chi connectivity index (χ2v) is 8.46. The Hall–Kier alpha value is -1.11. The van der Waals surface area contributed by atoms with E-state index in [2.05, 4.69) is 0 Å². The number of phenolic OH excluding ortho intramolecular Hbond substituents is 1. The highest BCUT2D eigenvalue weighted by Crippen LogP contribution is 2.27. The van der Waals surface area contributed by atoms with Crippen LogP contribution in [0.4, 0.5) is 0 Å². The van der Waals surface area contributed by atoms with Crippen LogP contribution in [0, 0.1) is 0 Å². The van der Waals surface area contributed by atoms with Gasteiger partial charge in [0.15, 0.2) is 0 Å². The Labute approximate surface area is 139 Å². The average Bonchev–Trinajstić information content (AvgIpc) is 3.10. The molecule has 0 aliphatic carbocycles. The number of rotatable bonds is 5. The van der Waals surface area contributed by atoms with Gasteiger partial charge in [0.1, 0.15) is 5.75 Å². The van der Waals surface area contributed by atoms with Crippen LogP contribution in [0.25, 0.3) is 0 Å². The summed E-state index contributed by atoms with van der Waals surface area (Å²) in [7, 11) is -3.30. The summed E-state index contributed by atoms with van der Waals surface area (Å²) in [6.45, 7) is 1.99. The molecule has 2 fully saturated rings. The maximum atomic E-state index is 12.9. The van der Waals surface area contributed by atoms with Crippen LogP contribution in [0.2, 0.25) is 0 Å². The number of phenols is 1. The van der Waals surface area contributed by atoms with Crippen LogP contribution >= 0.6 is 0 Å². The van der Waals surface area contributed by atoms with Crippen LogP contribution in [0.3, 0.4) is 0 Å². The maximum absolute atomic E-state index is 12.9. The van der Waals surface area contributed by atoms with Gasteiger partial charge in [-0.3, -0.25) is 0 Å². The van der Waals surface area contributed by atoms with E-state index >= 15 is 0 Å². The molecule has 0 amide bonds. The molecule has 1 aromatic carbocycles. The Kier molecular flexibility index (Phi) is 5.24. The van der Waals surface area contributed by atoms with Gasteiger partial charge in [-0.1, -0.05) is 18.6 Å². The van der Waals surface area contributed by atoms with Crippen molar-refractivity contribution in [1.29, 1.82) is 0 Å². The van der Waals surface area contributed by atoms with Crippen molar-refractivity contribution >= 4 is 10.2 Å². The molecule has 2 heterocycles. The van der Waals surface area contributed by atoms with E-state index in [1.807, 2.05) is 12.1 Å². The van der Waals surface area contributed by atoms with Crippen LogP contribution in [0.15, 0.2) is 24.3 Å². The number of hydrogen-bond acceptors (Lipinski definition) is 3. The summed E-state index contributed by atoms with van der Waals surface area (Å²) in [5.41, 5.74) is 1.15. The second kappa shape index (κ2) is 7.20. The van der Waals surface area contributed by atoms with Crippen molar-refractivity contribution in [3.05, 3.63) is 29.8 Å². The predicted molar refractivity (Wildman–Crippen MR) is 90.5 cm³/mol. The molecule has 2 aliphatic heterocycles. The van der Waals surface area contributed by atoms with Crippen LogP contribution < -0.4 is 0 Å². The lowest BCUT2D eigenvalue weighted by atomic mass is 9.98. The van der Waals surface area contributed by atoms with E-state index in [9.17, 15) is 13.5 Å². The first kappa shape index (κ1) is 16.7. The van der Waals surface area contributed by atoms with Crippen molar-refractivity contribution in [3.8, 4) is 5.75 Å². The van der Waals surface area contributed by atoms with Crippen molar-refractivity contribution in [1.82, 2.24) is 8.61 Å². The zero-order valence-electron chi connectivity index (χ0n) is 13.5. The van der Waals surface area contributed by atoms with Crippen molar-refractivity contribution in [2.24, 2.45) is 0 Å². The van der Waals surface area contributed by atoms with Gasteiger partial charge in [-0.15, -0.1) is 0 Å². The summed E-state index contributed by atoms with van der Waals surface area (Å²) in [5, 5.41) is 9.35. The molecule has 1 atom stereocenters. The Bertz CT molecular complexity index is 609. The molecule has 2 saturated heterocycles. The Morgan fingerprint density at radius 3 is 2.35 bits per heavy atom. The number of piperidine rings is 1. The van der Waals surface area contributed by atoms with E-state index in [4.69, 9.17) is 0 Å². The Morgan fingerprint density at radius 2 is 1.65 bits per heavy atom. The molecule has 5 nitrogen and oxygen atoms in total. The van der Waals surface area contributed by atoms with Gasteiger partial charge in [0.2, 0.25) is 0 Å². The summed E-state index contributed by atoms with van der Waals surface area (Å²) in [5.74, 6) is 0.268. The molecule has 128 valence electrons. The van der Waals surface area contributed by atoms with Gasteiger partial charge < -0.3 is 5.11 Å². The molecular weight excluding hydrogens is 312 g/mol. The van der Waals surface area contributed by atoms with Crippen LogP contribution in [0.1, 0.15) is 44.1 Å². The third kappa shape index (κ3) is 3.87. The number of aryl methyl sites for hydroxylation is 1. The van der Waals surface area contributed by atoms with E-state index < -0.39 is 10.2 Å². The molecule has 1 aromatic rings. The summed E-state index contributed by atoms with van der Waals surface area (Å²) >= 11 is 0. The molecule has 0 aromatic heterocycles. The van der Waals surface area contributed by atoms with E-state index in [-0.39, 0.29) is 11.8 Å². The Morgan fingerprint density at radius 1 is 1.00 bits per heavy atom. The van der Waals surface area contributed by atoms with Crippen molar-refractivity contribution in [2.45, 2.75) is 51.0 Å². The number of aromatic hydroxyl groups is 1. The van der Waals surface area contributed by atoms with Gasteiger partial charge in [-0.2, -0.15) is 17.0 Å². The molecule has 6 heteroatoms. The van der Waals surface area contributed by atoms with Gasteiger partial charge in [-0.25, -0.2) is 0 Å². The third-order valence-corrected chi connectivity index (χ3v) is 7.05. The number of nitrogens with zero attached hydrogens (tertiary/aromatic N) is 2. The van der Waals surface area contributed by atoms with E-state index in [0.29, 0.717) is 19.6 Å². The molecule has 0 spiro atoms. The fourth-order valence-electron chi connectivity index (χ4n) is 3.63. The minimum atomic E-state index is -3.30. The zero-order valence-corrected chi connectivity index (χ0v) is 14.3. The lowest BCUT2D eigenvalue weighted by molar-refractivity contribution is 0.226. The first-order valence-corrected chi connectivity index (χ1v) is 10.0. The van der Waals surface area contributed by atoms with E-state index in [1.165, 1.54) is 0 Å². The molecule has 0 unspecified atom stereocenters. The normalized spacial score (nSPS) is 24.1. The smallest absolute Gasteiger partial charge is 0.282 e. The number of hydrogen-bond donors (Lipinski definition) is 1. The van der Waals surface area contributed by atoms with Gasteiger partial charge in [0.05, 0.1) is 0 Å². The molecule has 0 radical (unpaired) electrons. The van der Waals surface area contributed by atoms with Crippen LogP contribution in [-0.2, 0) is 16.6 Å². The van der Waals surface area contributed by atoms with Crippen LogP contribution in [0.5, 0.6) is 5.75 Å². The topological polar surface area (TPSA) is 60.9 Å². The summed E-state index contributed by atoms with van der Waals surface area (Å²) < 4.78 is 29.2. The lowest BCUT2D eigenvalue weighted by Gasteiger charge is -2.37. The molecule has 1 N–H and O–H groups in total. The molecule has 0 bridgehead atoms. The van der Waals surface area contributed by atoms with E-state index in [0.717, 1.165) is 50.5 Å². The summed E-state index contributed by atoms with van der Waals surface area (Å²) in [4.78, 5) is 0. The second-order valence-electron chi connectivity index (χ2n) is 6.58. The molecular formula is C17H26N2O3S. The quantitative estimate of drug-likeness (QED) is 0.897. The van der Waals surface area contributed by atoms with Crippen molar-refractivity contribution < 1.29 is 13.5 Å². The molecule has 2 aliphatic rings. The van der Waals surface area contributed by atoms with Crippen molar-refractivity contribution in [2.75, 3.05) is 19.6 Å². The highest BCUT2D eigenvalue weighted by Gasteiger charge is 2.37. The molecule has 0 saturated carbocycles. The summed E-state index contributed by atoms with van der Waals surface area (Å²) in [6, 6.07) is 7.31. The lowest BCUT2D eigenvalue weighted by Crippen LogP contribution is -2.50. The van der Waals surface area contributed by atoms with Gasteiger partial charge in [-0.05, 0) is 56.2 Å². The number of benzene rings is 1. The zero-order chi connectivity index (χ0) is 16.3. The highest BCUT2D eigenvalue weighted by molar-refractivity contribution is 7.86. The van der Waals surface area contributed by atoms with Gasteiger partial charge in [0, 0.05) is 25.7 Å². The maximum Gasteiger partial charge on any atom is 0.282 e. The SMILES string of the molecule is O=S(=O)(N1CCCC1)N1CCCC[C@H]1CCc1ccc(O)cc1. The standard InChI is InChI=1S/C17H26N2O3S/c20-17-10-7-15(8-11-17)6-9-16-5-1-2-14-19(16)23(21,22)18-12-3-4-13-18/h7-8,10-11,16,20H,1-6,9,12-14H2/t16-/m0/s1. The van der Waals surface area contributed by atoms with Crippen molar-refractivity contribution in [3.63, 3.8) is 0 Å². The molecule has 23 heavy (non-hydrogen) atoms. The van der Waals surface area contributed by atoms with Gasteiger partial charge >= 0.3 is 0 Å².